The third-order valence-corrected chi connectivity index (χ3v) is 6.31. The molecule has 2 aliphatic rings. The summed E-state index contributed by atoms with van der Waals surface area (Å²) in [6, 6.07) is 13.9. The maximum Gasteiger partial charge on any atom is 0.573 e. The highest BCUT2D eigenvalue weighted by Gasteiger charge is 2.47. The first kappa shape index (κ1) is 25.0. The number of carbonyl (C=O) groups is 2. The summed E-state index contributed by atoms with van der Waals surface area (Å²) in [5, 5.41) is 21.1. The predicted octanol–water partition coefficient (Wildman–Crippen LogP) is 4.75. The second-order valence-electron chi connectivity index (χ2n) is 8.76. The molecule has 0 radical (unpaired) electrons. The van der Waals surface area contributed by atoms with Crippen molar-refractivity contribution in [1.82, 2.24) is 0 Å². The maximum atomic E-state index is 13.3. The van der Waals surface area contributed by atoms with Crippen molar-refractivity contribution >= 4 is 28.8 Å². The second kappa shape index (κ2) is 9.33. The molecule has 38 heavy (non-hydrogen) atoms. The van der Waals surface area contributed by atoms with E-state index in [9.17, 15) is 33.0 Å². The lowest BCUT2D eigenvalue weighted by atomic mass is 9.94. The Bertz CT molecular complexity index is 1450. The van der Waals surface area contributed by atoms with Gasteiger partial charge < -0.3 is 24.6 Å². The summed E-state index contributed by atoms with van der Waals surface area (Å²) in [5.74, 6) is -2.61. The summed E-state index contributed by atoms with van der Waals surface area (Å²) in [6.07, 6.45) is -4.97. The van der Waals surface area contributed by atoms with Crippen LogP contribution in [0.2, 0.25) is 0 Å². The molecule has 1 amide bonds. The number of amides is 1. The molecule has 8 nitrogen and oxygen atoms in total. The minimum Gasteiger partial charge on any atom is -0.508 e. The fraction of sp³-hybridized carbons (Fsp3) is 0.185. The van der Waals surface area contributed by atoms with Crippen LogP contribution in [-0.2, 0) is 9.59 Å². The van der Waals surface area contributed by atoms with Crippen molar-refractivity contribution < 1.29 is 42.4 Å². The average molecular weight is 526 g/mol. The molecule has 2 heterocycles. The number of anilines is 2. The predicted molar refractivity (Wildman–Crippen MR) is 131 cm³/mol. The number of hydrogen-bond acceptors (Lipinski definition) is 7. The van der Waals surface area contributed by atoms with Crippen molar-refractivity contribution in [3.05, 3.63) is 83.4 Å². The van der Waals surface area contributed by atoms with Crippen LogP contribution in [0.15, 0.2) is 72.3 Å². The van der Waals surface area contributed by atoms with E-state index in [0.717, 1.165) is 17.0 Å². The lowest BCUT2D eigenvalue weighted by molar-refractivity contribution is -0.274. The van der Waals surface area contributed by atoms with Gasteiger partial charge in [-0.05, 0) is 48.0 Å². The molecule has 2 aliphatic heterocycles. The van der Waals surface area contributed by atoms with Gasteiger partial charge in [0.05, 0.1) is 23.8 Å². The Morgan fingerprint density at radius 2 is 1.79 bits per heavy atom. The highest BCUT2D eigenvalue weighted by molar-refractivity contribution is 6.51. The molecule has 1 atom stereocenters. The molecule has 0 aliphatic carbocycles. The molecule has 3 aromatic carbocycles. The Balaban J connectivity index is 1.66. The van der Waals surface area contributed by atoms with Gasteiger partial charge in [-0.15, -0.1) is 13.2 Å². The summed E-state index contributed by atoms with van der Waals surface area (Å²) in [7, 11) is 1.84. The highest BCUT2D eigenvalue weighted by Crippen LogP contribution is 2.44. The number of aromatic hydroxyl groups is 1. The molecule has 0 aromatic heterocycles. The monoisotopic (exact) mass is 526 g/mol. The number of Topliss-reactive ketones (excluding diaryl/α,β-unsaturated/α-hetero) is 1. The van der Waals surface area contributed by atoms with Gasteiger partial charge in [0.2, 0.25) is 0 Å². The number of aliphatic hydroxyl groups is 1. The summed E-state index contributed by atoms with van der Waals surface area (Å²) in [6.45, 7) is 1.09. The van der Waals surface area contributed by atoms with E-state index >= 15 is 0 Å². The van der Waals surface area contributed by atoms with Crippen LogP contribution in [0.3, 0.4) is 0 Å². The standard InChI is InChI=1S/C27H21F3N2O6/c1-31-11-12-37-21-10-7-16(13-20(21)31)24(34)22-23(15-5-8-18(33)9-6-15)32(26(36)25(22)35)17-3-2-4-19(14-17)38-27(28,29)30/h2-10,13-14,23,33-34H,11-12H2,1H3/b24-22-. The number of hydrogen-bond donors (Lipinski definition) is 2. The Labute approximate surface area is 214 Å². The van der Waals surface area contributed by atoms with Crippen LogP contribution in [0.1, 0.15) is 17.2 Å². The second-order valence-corrected chi connectivity index (χ2v) is 8.76. The first-order valence-corrected chi connectivity index (χ1v) is 11.5. The number of phenolic OH excluding ortho intramolecular Hbond substituents is 1. The molecule has 1 saturated heterocycles. The number of ether oxygens (including phenoxy) is 2. The number of alkyl halides is 3. The summed E-state index contributed by atoms with van der Waals surface area (Å²) in [5.41, 5.74) is 0.945. The SMILES string of the molecule is CN1CCOc2ccc(/C(O)=C3/C(=O)C(=O)N(c4cccc(OC(F)(F)F)c4)C3c3ccc(O)cc3)cc21. The molecule has 2 N–H and O–H groups in total. The molecular formula is C27H21F3N2O6. The minimum atomic E-state index is -4.97. The van der Waals surface area contributed by atoms with E-state index in [1.165, 1.54) is 36.4 Å². The number of ketones is 1. The maximum absolute atomic E-state index is 13.3. The number of phenols is 1. The molecule has 11 heteroatoms. The van der Waals surface area contributed by atoms with Crippen molar-refractivity contribution in [2.45, 2.75) is 12.4 Å². The number of halogens is 3. The fourth-order valence-corrected chi connectivity index (χ4v) is 4.55. The molecule has 5 rings (SSSR count). The number of aliphatic hydroxyl groups excluding tert-OH is 1. The molecule has 0 bridgehead atoms. The normalized spacial score (nSPS) is 18.8. The quantitative estimate of drug-likeness (QED) is 0.288. The average Bonchev–Trinajstić information content (AvgIpc) is 3.13. The first-order valence-electron chi connectivity index (χ1n) is 11.5. The highest BCUT2D eigenvalue weighted by atomic mass is 19.4. The zero-order valence-corrected chi connectivity index (χ0v) is 19.9. The van der Waals surface area contributed by atoms with Gasteiger partial charge in [-0.2, -0.15) is 0 Å². The third-order valence-electron chi connectivity index (χ3n) is 6.31. The number of benzene rings is 3. The van der Waals surface area contributed by atoms with Crippen LogP contribution < -0.4 is 19.3 Å². The number of fused-ring (bicyclic) bond motifs is 1. The van der Waals surface area contributed by atoms with E-state index in [0.29, 0.717) is 30.2 Å². The van der Waals surface area contributed by atoms with Gasteiger partial charge in [-0.25, -0.2) is 0 Å². The van der Waals surface area contributed by atoms with E-state index in [1.807, 2.05) is 11.9 Å². The van der Waals surface area contributed by atoms with E-state index in [4.69, 9.17) is 4.74 Å². The van der Waals surface area contributed by atoms with E-state index < -0.39 is 35.6 Å². The van der Waals surface area contributed by atoms with Crippen LogP contribution in [0.4, 0.5) is 24.5 Å². The Kier molecular flexibility index (Phi) is 6.14. The van der Waals surface area contributed by atoms with Crippen LogP contribution >= 0.6 is 0 Å². The van der Waals surface area contributed by atoms with Gasteiger partial charge in [-0.1, -0.05) is 18.2 Å². The van der Waals surface area contributed by atoms with Crippen LogP contribution in [0, 0.1) is 0 Å². The summed E-state index contributed by atoms with van der Waals surface area (Å²) in [4.78, 5) is 29.5. The van der Waals surface area contributed by atoms with E-state index in [2.05, 4.69) is 4.74 Å². The van der Waals surface area contributed by atoms with Crippen molar-refractivity contribution in [2.24, 2.45) is 0 Å². The van der Waals surface area contributed by atoms with Crippen molar-refractivity contribution in [1.29, 1.82) is 0 Å². The Morgan fingerprint density at radius 3 is 2.50 bits per heavy atom. The van der Waals surface area contributed by atoms with Crippen LogP contribution in [-0.4, -0.2) is 48.5 Å². The first-order chi connectivity index (χ1) is 18.0. The van der Waals surface area contributed by atoms with Gasteiger partial charge in [0, 0.05) is 24.4 Å². The molecule has 0 saturated carbocycles. The molecular weight excluding hydrogens is 505 g/mol. The van der Waals surface area contributed by atoms with E-state index in [1.54, 1.807) is 18.2 Å². The van der Waals surface area contributed by atoms with Crippen LogP contribution in [0.25, 0.3) is 5.76 Å². The third kappa shape index (κ3) is 4.58. The summed E-state index contributed by atoms with van der Waals surface area (Å²) < 4.78 is 48.1. The molecule has 1 unspecified atom stereocenters. The van der Waals surface area contributed by atoms with Gasteiger partial charge in [0.15, 0.2) is 0 Å². The minimum absolute atomic E-state index is 0.0513. The molecule has 196 valence electrons. The van der Waals surface area contributed by atoms with Gasteiger partial charge in [-0.3, -0.25) is 14.5 Å². The lowest BCUT2D eigenvalue weighted by Crippen LogP contribution is -2.29. The van der Waals surface area contributed by atoms with Gasteiger partial charge >= 0.3 is 6.36 Å². The fourth-order valence-electron chi connectivity index (χ4n) is 4.55. The topological polar surface area (TPSA) is 99.5 Å². The van der Waals surface area contributed by atoms with Crippen molar-refractivity contribution in [3.8, 4) is 17.2 Å². The molecule has 0 spiro atoms. The Hall–Kier alpha value is -4.67. The van der Waals surface area contributed by atoms with E-state index in [-0.39, 0.29) is 22.6 Å². The van der Waals surface area contributed by atoms with Crippen LogP contribution in [0.5, 0.6) is 17.2 Å². The number of rotatable bonds is 4. The number of carbonyl (C=O) groups excluding carboxylic acids is 2. The number of nitrogens with zero attached hydrogens (tertiary/aromatic N) is 2. The largest absolute Gasteiger partial charge is 0.573 e. The molecule has 1 fully saturated rings. The lowest BCUT2D eigenvalue weighted by Gasteiger charge is -2.28. The van der Waals surface area contributed by atoms with Gasteiger partial charge in [0.25, 0.3) is 11.7 Å². The number of likely N-dealkylation sites (N-methyl/N-ethyl adjacent to an activating group) is 1. The zero-order chi connectivity index (χ0) is 27.2. The summed E-state index contributed by atoms with van der Waals surface area (Å²) >= 11 is 0. The van der Waals surface area contributed by atoms with Crippen molar-refractivity contribution in [2.75, 3.05) is 30.0 Å². The van der Waals surface area contributed by atoms with Gasteiger partial charge in [0.1, 0.15) is 29.6 Å². The smallest absolute Gasteiger partial charge is 0.508 e. The molecule has 3 aromatic rings. The Morgan fingerprint density at radius 1 is 1.05 bits per heavy atom. The van der Waals surface area contributed by atoms with Crippen molar-refractivity contribution in [3.63, 3.8) is 0 Å². The zero-order valence-electron chi connectivity index (χ0n) is 19.9.